The summed E-state index contributed by atoms with van der Waals surface area (Å²) in [6.07, 6.45) is 1.32. The third-order valence-corrected chi connectivity index (χ3v) is 3.62. The molecule has 4 heteroatoms. The molecule has 16 heavy (non-hydrogen) atoms. The minimum Gasteiger partial charge on any atom is -0.481 e. The molecule has 1 unspecified atom stereocenters. The number of aliphatic carboxylic acids is 1. The highest BCUT2D eigenvalue weighted by atomic mass is 32.1. The number of thiophene rings is 1. The molecule has 0 radical (unpaired) electrons. The van der Waals surface area contributed by atoms with E-state index in [9.17, 15) is 4.79 Å². The predicted octanol–water partition coefficient (Wildman–Crippen LogP) is 2.51. The van der Waals surface area contributed by atoms with Crippen LogP contribution >= 0.6 is 11.3 Å². The van der Waals surface area contributed by atoms with Crippen molar-refractivity contribution in [3.05, 3.63) is 21.9 Å². The van der Waals surface area contributed by atoms with Gasteiger partial charge in [-0.05, 0) is 24.6 Å². The Labute approximate surface area is 100 Å². The summed E-state index contributed by atoms with van der Waals surface area (Å²) in [4.78, 5) is 12.6. The summed E-state index contributed by atoms with van der Waals surface area (Å²) < 4.78 is 0. The molecule has 0 spiro atoms. The Bertz CT molecular complexity index is 336. The van der Waals surface area contributed by atoms with Crippen molar-refractivity contribution in [2.45, 2.75) is 33.2 Å². The Kier molecular flexibility index (Phi) is 5.49. The highest BCUT2D eigenvalue weighted by molar-refractivity contribution is 7.12. The first-order valence-electron chi connectivity index (χ1n) is 5.62. The molecule has 2 N–H and O–H groups in total. The number of nitrogens with one attached hydrogen (secondary N) is 1. The van der Waals surface area contributed by atoms with Crippen LogP contribution in [0.1, 0.15) is 30.0 Å². The SMILES string of the molecule is CCC(C)CNCc1ccc(CC(=O)O)s1. The van der Waals surface area contributed by atoms with Crippen molar-refractivity contribution in [1.29, 1.82) is 0 Å². The topological polar surface area (TPSA) is 49.3 Å². The van der Waals surface area contributed by atoms with Crippen molar-refractivity contribution in [3.63, 3.8) is 0 Å². The van der Waals surface area contributed by atoms with E-state index >= 15 is 0 Å². The van der Waals surface area contributed by atoms with Crippen LogP contribution in [0.15, 0.2) is 12.1 Å². The van der Waals surface area contributed by atoms with Crippen LogP contribution in [-0.2, 0) is 17.8 Å². The number of carboxylic acid groups (broad SMARTS) is 1. The van der Waals surface area contributed by atoms with Gasteiger partial charge in [-0.15, -0.1) is 11.3 Å². The van der Waals surface area contributed by atoms with Crippen molar-refractivity contribution in [3.8, 4) is 0 Å². The first kappa shape index (κ1) is 13.2. The minimum atomic E-state index is -0.763. The summed E-state index contributed by atoms with van der Waals surface area (Å²) in [7, 11) is 0. The van der Waals surface area contributed by atoms with Gasteiger partial charge >= 0.3 is 5.97 Å². The maximum Gasteiger partial charge on any atom is 0.308 e. The number of hydrogen-bond donors (Lipinski definition) is 2. The molecule has 1 heterocycles. The second-order valence-corrected chi connectivity index (χ2v) is 5.34. The molecule has 90 valence electrons. The second-order valence-electron chi connectivity index (χ2n) is 4.08. The molecular weight excluding hydrogens is 222 g/mol. The Balaban J connectivity index is 2.32. The van der Waals surface area contributed by atoms with E-state index in [1.165, 1.54) is 11.3 Å². The highest BCUT2D eigenvalue weighted by Crippen LogP contribution is 2.16. The summed E-state index contributed by atoms with van der Waals surface area (Å²) in [5, 5.41) is 12.0. The van der Waals surface area contributed by atoms with Gasteiger partial charge in [0.25, 0.3) is 0 Å². The Morgan fingerprint density at radius 1 is 1.50 bits per heavy atom. The molecule has 1 atom stereocenters. The van der Waals surface area contributed by atoms with Gasteiger partial charge in [0.05, 0.1) is 6.42 Å². The molecule has 0 saturated carbocycles. The smallest absolute Gasteiger partial charge is 0.308 e. The molecule has 1 aromatic heterocycles. The maximum atomic E-state index is 10.5. The Morgan fingerprint density at radius 3 is 2.81 bits per heavy atom. The van der Waals surface area contributed by atoms with Gasteiger partial charge in [0.15, 0.2) is 0 Å². The van der Waals surface area contributed by atoms with Crippen LogP contribution in [0.5, 0.6) is 0 Å². The quantitative estimate of drug-likeness (QED) is 0.771. The van der Waals surface area contributed by atoms with Crippen LogP contribution in [-0.4, -0.2) is 17.6 Å². The van der Waals surface area contributed by atoms with Crippen molar-refractivity contribution >= 4 is 17.3 Å². The van der Waals surface area contributed by atoms with Gasteiger partial charge in [-0.3, -0.25) is 4.79 Å². The molecule has 0 bridgehead atoms. The largest absolute Gasteiger partial charge is 0.481 e. The zero-order valence-electron chi connectivity index (χ0n) is 9.82. The van der Waals surface area contributed by atoms with Gasteiger partial charge in [-0.1, -0.05) is 20.3 Å². The standard InChI is InChI=1S/C12H19NO2S/c1-3-9(2)7-13-8-11-5-4-10(16-11)6-12(14)15/h4-5,9,13H,3,6-8H2,1-2H3,(H,14,15). The third kappa shape index (κ3) is 4.77. The van der Waals surface area contributed by atoms with Gasteiger partial charge in [0.1, 0.15) is 0 Å². The average Bonchev–Trinajstić information content (AvgIpc) is 2.64. The lowest BCUT2D eigenvalue weighted by Crippen LogP contribution is -2.19. The van der Waals surface area contributed by atoms with Gasteiger partial charge in [-0.25, -0.2) is 0 Å². The van der Waals surface area contributed by atoms with E-state index in [-0.39, 0.29) is 6.42 Å². The summed E-state index contributed by atoms with van der Waals surface area (Å²) in [6.45, 7) is 6.26. The van der Waals surface area contributed by atoms with Gasteiger partial charge < -0.3 is 10.4 Å². The normalized spacial score (nSPS) is 12.6. The van der Waals surface area contributed by atoms with E-state index in [0.717, 1.165) is 18.0 Å². The second kappa shape index (κ2) is 6.66. The summed E-state index contributed by atoms with van der Waals surface area (Å²) in [5.41, 5.74) is 0. The molecule has 1 aromatic rings. The third-order valence-electron chi connectivity index (χ3n) is 2.53. The molecule has 0 aliphatic rings. The molecule has 0 fully saturated rings. The fraction of sp³-hybridized carbons (Fsp3) is 0.583. The van der Waals surface area contributed by atoms with Crippen LogP contribution in [0.3, 0.4) is 0 Å². The molecule has 0 aliphatic carbocycles. The molecule has 0 aromatic carbocycles. The number of hydrogen-bond acceptors (Lipinski definition) is 3. The van der Waals surface area contributed by atoms with Gasteiger partial charge in [0, 0.05) is 16.3 Å². The summed E-state index contributed by atoms with van der Waals surface area (Å²) in [5.74, 6) is -0.0700. The molecule has 1 rings (SSSR count). The van der Waals surface area contributed by atoms with Gasteiger partial charge in [-0.2, -0.15) is 0 Å². The van der Waals surface area contributed by atoms with E-state index in [1.807, 2.05) is 12.1 Å². The monoisotopic (exact) mass is 241 g/mol. The van der Waals surface area contributed by atoms with Crippen LogP contribution < -0.4 is 5.32 Å². The lowest BCUT2D eigenvalue weighted by Gasteiger charge is -2.08. The van der Waals surface area contributed by atoms with E-state index in [0.29, 0.717) is 5.92 Å². The fourth-order valence-electron chi connectivity index (χ4n) is 1.35. The number of rotatable bonds is 7. The maximum absolute atomic E-state index is 10.5. The number of carbonyl (C=O) groups is 1. The van der Waals surface area contributed by atoms with Crippen LogP contribution in [0.4, 0.5) is 0 Å². The summed E-state index contributed by atoms with van der Waals surface area (Å²) >= 11 is 1.58. The van der Waals surface area contributed by atoms with Crippen LogP contribution in [0, 0.1) is 5.92 Å². The zero-order valence-corrected chi connectivity index (χ0v) is 10.6. The van der Waals surface area contributed by atoms with Crippen molar-refractivity contribution in [2.75, 3.05) is 6.54 Å². The average molecular weight is 241 g/mol. The van der Waals surface area contributed by atoms with Crippen molar-refractivity contribution in [2.24, 2.45) is 5.92 Å². The molecule has 0 aliphatic heterocycles. The van der Waals surface area contributed by atoms with Crippen molar-refractivity contribution in [1.82, 2.24) is 5.32 Å². The van der Waals surface area contributed by atoms with Crippen LogP contribution in [0.25, 0.3) is 0 Å². The molecular formula is C12H19NO2S. The summed E-state index contributed by atoms with van der Waals surface area (Å²) in [6, 6.07) is 3.91. The first-order valence-corrected chi connectivity index (χ1v) is 6.43. The lowest BCUT2D eigenvalue weighted by atomic mass is 10.1. The zero-order chi connectivity index (χ0) is 12.0. The minimum absolute atomic E-state index is 0.135. The fourth-order valence-corrected chi connectivity index (χ4v) is 2.33. The van der Waals surface area contributed by atoms with E-state index in [2.05, 4.69) is 19.2 Å². The van der Waals surface area contributed by atoms with Crippen LogP contribution in [0.2, 0.25) is 0 Å². The predicted molar refractivity (Wildman–Crippen MR) is 66.8 cm³/mol. The Morgan fingerprint density at radius 2 is 2.19 bits per heavy atom. The van der Waals surface area contributed by atoms with E-state index in [4.69, 9.17) is 5.11 Å². The van der Waals surface area contributed by atoms with Gasteiger partial charge in [0.2, 0.25) is 0 Å². The molecule has 3 nitrogen and oxygen atoms in total. The van der Waals surface area contributed by atoms with E-state index in [1.54, 1.807) is 11.3 Å². The van der Waals surface area contributed by atoms with E-state index < -0.39 is 5.97 Å². The number of carboxylic acids is 1. The highest BCUT2D eigenvalue weighted by Gasteiger charge is 2.04. The first-order chi connectivity index (χ1) is 7.61. The molecule has 0 amide bonds. The van der Waals surface area contributed by atoms with Crippen molar-refractivity contribution < 1.29 is 9.90 Å². The lowest BCUT2D eigenvalue weighted by molar-refractivity contribution is -0.136. The molecule has 0 saturated heterocycles. The Hall–Kier alpha value is -0.870.